The van der Waals surface area contributed by atoms with E-state index in [1.807, 2.05) is 0 Å². The van der Waals surface area contributed by atoms with E-state index in [2.05, 4.69) is 44.3 Å². The Kier molecular flexibility index (Phi) is 5.38. The van der Waals surface area contributed by atoms with E-state index in [0.29, 0.717) is 10.6 Å². The van der Waals surface area contributed by atoms with Gasteiger partial charge in [-0.05, 0) is 50.1 Å². The molecule has 112 valence electrons. The molecule has 2 rings (SSSR count). The summed E-state index contributed by atoms with van der Waals surface area (Å²) in [5.74, 6) is -0.267. The van der Waals surface area contributed by atoms with Crippen molar-refractivity contribution in [3.05, 3.63) is 69.5 Å². The van der Waals surface area contributed by atoms with Gasteiger partial charge in [0.25, 0.3) is 0 Å². The Morgan fingerprint density at radius 2 is 1.86 bits per heavy atom. The Morgan fingerprint density at radius 1 is 1.10 bits per heavy atom. The second-order valence-corrected chi connectivity index (χ2v) is 5.85. The smallest absolute Gasteiger partial charge is 0.129 e. The van der Waals surface area contributed by atoms with E-state index in [1.54, 1.807) is 12.1 Å². The highest BCUT2D eigenvalue weighted by atomic mass is 35.5. The van der Waals surface area contributed by atoms with Gasteiger partial charge >= 0.3 is 0 Å². The minimum absolute atomic E-state index is 0.151. The number of nitrogens with one attached hydrogen (secondary N) is 1. The van der Waals surface area contributed by atoms with E-state index < -0.39 is 0 Å². The van der Waals surface area contributed by atoms with Crippen LogP contribution in [0, 0.1) is 19.7 Å². The first-order valence-electron chi connectivity index (χ1n) is 7.28. The van der Waals surface area contributed by atoms with E-state index in [4.69, 9.17) is 11.6 Å². The molecule has 3 heteroatoms. The average molecular weight is 306 g/mol. The van der Waals surface area contributed by atoms with Gasteiger partial charge in [0.2, 0.25) is 0 Å². The lowest BCUT2D eigenvalue weighted by Crippen LogP contribution is -2.25. The molecule has 1 atom stereocenters. The van der Waals surface area contributed by atoms with Crippen molar-refractivity contribution in [2.75, 3.05) is 6.54 Å². The minimum atomic E-state index is -0.267. The molecule has 0 heterocycles. The van der Waals surface area contributed by atoms with Crippen LogP contribution in [0.5, 0.6) is 0 Å². The highest BCUT2D eigenvalue weighted by Crippen LogP contribution is 2.29. The second kappa shape index (κ2) is 7.06. The molecule has 1 nitrogen and oxygen atoms in total. The van der Waals surface area contributed by atoms with Crippen LogP contribution in [0.2, 0.25) is 5.02 Å². The maximum absolute atomic E-state index is 14.3. The normalized spacial score (nSPS) is 12.4. The summed E-state index contributed by atoms with van der Waals surface area (Å²) < 4.78 is 14.3. The predicted molar refractivity (Wildman–Crippen MR) is 87.5 cm³/mol. The van der Waals surface area contributed by atoms with Crippen LogP contribution in [0.15, 0.2) is 36.4 Å². The first-order chi connectivity index (χ1) is 10.0. The van der Waals surface area contributed by atoms with Gasteiger partial charge in [-0.2, -0.15) is 0 Å². The lowest BCUT2D eigenvalue weighted by Gasteiger charge is -2.22. The lowest BCUT2D eigenvalue weighted by molar-refractivity contribution is 0.545. The number of halogens is 2. The molecule has 0 bridgehead atoms. The molecule has 2 aromatic rings. The van der Waals surface area contributed by atoms with Crippen LogP contribution in [-0.2, 0) is 0 Å². The Bertz CT molecular complexity index is 625. The van der Waals surface area contributed by atoms with Crippen LogP contribution >= 0.6 is 11.6 Å². The quantitative estimate of drug-likeness (QED) is 0.802. The van der Waals surface area contributed by atoms with Gasteiger partial charge in [0.05, 0.1) is 6.04 Å². The summed E-state index contributed by atoms with van der Waals surface area (Å²) in [6.45, 7) is 7.05. The summed E-state index contributed by atoms with van der Waals surface area (Å²) in [5, 5.41) is 3.87. The van der Waals surface area contributed by atoms with Crippen LogP contribution in [0.3, 0.4) is 0 Å². The molecule has 21 heavy (non-hydrogen) atoms. The lowest BCUT2D eigenvalue weighted by atomic mass is 9.93. The molecular formula is C18H21ClFN. The van der Waals surface area contributed by atoms with Crippen molar-refractivity contribution >= 4 is 11.6 Å². The summed E-state index contributed by atoms with van der Waals surface area (Å²) in [6.07, 6.45) is 0.997. The van der Waals surface area contributed by atoms with Gasteiger partial charge in [-0.25, -0.2) is 4.39 Å². The fourth-order valence-electron chi connectivity index (χ4n) is 2.48. The van der Waals surface area contributed by atoms with Crippen LogP contribution in [0.25, 0.3) is 0 Å². The molecular weight excluding hydrogens is 285 g/mol. The Labute approximate surface area is 131 Å². The third-order valence-electron chi connectivity index (χ3n) is 3.62. The molecule has 0 amide bonds. The minimum Gasteiger partial charge on any atom is -0.306 e. The molecule has 0 spiro atoms. The average Bonchev–Trinajstić information content (AvgIpc) is 2.44. The summed E-state index contributed by atoms with van der Waals surface area (Å²) in [7, 11) is 0. The molecule has 0 saturated heterocycles. The first kappa shape index (κ1) is 16.0. The Balaban J connectivity index is 2.49. The molecule has 0 saturated carbocycles. The fraction of sp³-hybridized carbons (Fsp3) is 0.333. The molecule has 0 aromatic heterocycles. The maximum Gasteiger partial charge on any atom is 0.129 e. The number of hydrogen-bond acceptors (Lipinski definition) is 1. The number of rotatable bonds is 5. The van der Waals surface area contributed by atoms with E-state index in [9.17, 15) is 4.39 Å². The van der Waals surface area contributed by atoms with Crippen LogP contribution in [0.1, 0.15) is 41.6 Å². The zero-order chi connectivity index (χ0) is 15.4. The fourth-order valence-corrected chi connectivity index (χ4v) is 2.64. The van der Waals surface area contributed by atoms with Crippen molar-refractivity contribution in [1.29, 1.82) is 0 Å². The van der Waals surface area contributed by atoms with Crippen LogP contribution < -0.4 is 5.32 Å². The van der Waals surface area contributed by atoms with Crippen molar-refractivity contribution in [2.45, 2.75) is 33.2 Å². The van der Waals surface area contributed by atoms with Gasteiger partial charge in [0.1, 0.15) is 5.82 Å². The van der Waals surface area contributed by atoms with E-state index in [1.165, 1.54) is 11.6 Å². The molecule has 0 radical (unpaired) electrons. The Hall–Kier alpha value is -1.38. The first-order valence-corrected chi connectivity index (χ1v) is 7.66. The monoisotopic (exact) mass is 305 g/mol. The summed E-state index contributed by atoms with van der Waals surface area (Å²) in [6, 6.07) is 11.0. The molecule has 0 fully saturated rings. The largest absolute Gasteiger partial charge is 0.306 e. The molecule has 0 aliphatic rings. The summed E-state index contributed by atoms with van der Waals surface area (Å²) >= 11 is 5.87. The van der Waals surface area contributed by atoms with Crippen molar-refractivity contribution in [3.8, 4) is 0 Å². The van der Waals surface area contributed by atoms with Gasteiger partial charge in [0, 0.05) is 10.6 Å². The predicted octanol–water partition coefficient (Wildman–Crippen LogP) is 5.18. The molecule has 0 aliphatic heterocycles. The number of aryl methyl sites for hydroxylation is 2. The van der Waals surface area contributed by atoms with Crippen molar-refractivity contribution in [1.82, 2.24) is 5.32 Å². The third-order valence-corrected chi connectivity index (χ3v) is 3.85. The van der Waals surface area contributed by atoms with Gasteiger partial charge in [-0.15, -0.1) is 0 Å². The van der Waals surface area contributed by atoms with Gasteiger partial charge in [-0.3, -0.25) is 0 Å². The zero-order valence-corrected chi connectivity index (χ0v) is 13.5. The van der Waals surface area contributed by atoms with Crippen molar-refractivity contribution in [3.63, 3.8) is 0 Å². The van der Waals surface area contributed by atoms with Gasteiger partial charge in [-0.1, -0.05) is 48.4 Å². The Morgan fingerprint density at radius 3 is 2.52 bits per heavy atom. The van der Waals surface area contributed by atoms with Gasteiger partial charge in [0.15, 0.2) is 0 Å². The molecule has 2 aromatic carbocycles. The van der Waals surface area contributed by atoms with Crippen LogP contribution in [0.4, 0.5) is 4.39 Å². The summed E-state index contributed by atoms with van der Waals surface area (Å²) in [5.41, 5.74) is 4.09. The molecule has 1 N–H and O–H groups in total. The second-order valence-electron chi connectivity index (χ2n) is 5.41. The number of benzene rings is 2. The van der Waals surface area contributed by atoms with E-state index in [-0.39, 0.29) is 11.9 Å². The SMILES string of the molecule is CCCNC(c1cc(C)ccc1C)c1ccc(Cl)cc1F. The van der Waals surface area contributed by atoms with E-state index in [0.717, 1.165) is 24.1 Å². The highest BCUT2D eigenvalue weighted by Gasteiger charge is 2.19. The molecule has 1 unspecified atom stereocenters. The zero-order valence-electron chi connectivity index (χ0n) is 12.7. The van der Waals surface area contributed by atoms with E-state index >= 15 is 0 Å². The van der Waals surface area contributed by atoms with Crippen molar-refractivity contribution < 1.29 is 4.39 Å². The standard InChI is InChI=1S/C18H21ClFN/c1-4-9-21-18(15-8-7-14(19)11-17(15)20)16-10-12(2)5-6-13(16)3/h5-8,10-11,18,21H,4,9H2,1-3H3. The van der Waals surface area contributed by atoms with Crippen LogP contribution in [-0.4, -0.2) is 6.54 Å². The highest BCUT2D eigenvalue weighted by molar-refractivity contribution is 6.30. The summed E-state index contributed by atoms with van der Waals surface area (Å²) in [4.78, 5) is 0. The maximum atomic E-state index is 14.3. The van der Waals surface area contributed by atoms with Crippen molar-refractivity contribution in [2.24, 2.45) is 0 Å². The number of hydrogen-bond donors (Lipinski definition) is 1. The van der Waals surface area contributed by atoms with Gasteiger partial charge < -0.3 is 5.32 Å². The third kappa shape index (κ3) is 3.84. The topological polar surface area (TPSA) is 12.0 Å². The molecule has 0 aliphatic carbocycles.